The van der Waals surface area contributed by atoms with E-state index in [-0.39, 0.29) is 17.2 Å². The Hall–Kier alpha value is -3.07. The molecule has 0 unspecified atom stereocenters. The van der Waals surface area contributed by atoms with Gasteiger partial charge in [0.1, 0.15) is 22.6 Å². The number of thioether (sulfide) groups is 1. The zero-order chi connectivity index (χ0) is 22.1. The SMILES string of the molecule is COc1ccc(C(=O)COC(=O)[C@@H](C)SCC(=O)Nc2ccc(F)cc2)c(OC)c1. The van der Waals surface area contributed by atoms with Crippen LogP contribution in [0.5, 0.6) is 11.5 Å². The molecular formula is C21H22FNO6S. The molecule has 1 amide bonds. The minimum absolute atomic E-state index is 0.00606. The lowest BCUT2D eigenvalue weighted by atomic mass is 10.1. The van der Waals surface area contributed by atoms with Crippen LogP contribution in [0.25, 0.3) is 0 Å². The van der Waals surface area contributed by atoms with Crippen molar-refractivity contribution in [1.82, 2.24) is 0 Å². The Kier molecular flexibility index (Phi) is 8.67. The van der Waals surface area contributed by atoms with Gasteiger partial charge >= 0.3 is 5.97 Å². The molecule has 0 aromatic heterocycles. The van der Waals surface area contributed by atoms with E-state index in [4.69, 9.17) is 14.2 Å². The number of amides is 1. The van der Waals surface area contributed by atoms with E-state index in [1.165, 1.54) is 44.6 Å². The molecule has 0 aliphatic carbocycles. The maximum absolute atomic E-state index is 12.9. The fourth-order valence-electron chi connectivity index (χ4n) is 2.36. The lowest BCUT2D eigenvalue weighted by molar-refractivity contribution is -0.141. The maximum atomic E-state index is 12.9. The second-order valence-corrected chi connectivity index (χ2v) is 7.43. The molecule has 1 N–H and O–H groups in total. The number of carbonyl (C=O) groups is 3. The van der Waals surface area contributed by atoms with Crippen LogP contribution in [0.15, 0.2) is 42.5 Å². The summed E-state index contributed by atoms with van der Waals surface area (Å²) in [5.74, 6) is -0.941. The minimum Gasteiger partial charge on any atom is -0.497 e. The van der Waals surface area contributed by atoms with E-state index in [1.54, 1.807) is 19.1 Å². The summed E-state index contributed by atoms with van der Waals surface area (Å²) in [6.07, 6.45) is 0. The number of Topliss-reactive ketones (excluding diaryl/α,β-unsaturated/α-hetero) is 1. The third-order valence-corrected chi connectivity index (χ3v) is 5.10. The highest BCUT2D eigenvalue weighted by Gasteiger charge is 2.20. The largest absolute Gasteiger partial charge is 0.497 e. The van der Waals surface area contributed by atoms with Gasteiger partial charge in [-0.1, -0.05) is 0 Å². The summed E-state index contributed by atoms with van der Waals surface area (Å²) in [6.45, 7) is 1.13. The molecule has 0 saturated carbocycles. The van der Waals surface area contributed by atoms with Crippen molar-refractivity contribution in [2.75, 3.05) is 31.9 Å². The van der Waals surface area contributed by atoms with E-state index < -0.39 is 29.4 Å². The zero-order valence-electron chi connectivity index (χ0n) is 16.8. The molecule has 0 aliphatic heterocycles. The lowest BCUT2D eigenvalue weighted by Gasteiger charge is -2.12. The summed E-state index contributed by atoms with van der Waals surface area (Å²) in [4.78, 5) is 36.4. The highest BCUT2D eigenvalue weighted by atomic mass is 32.2. The molecule has 30 heavy (non-hydrogen) atoms. The van der Waals surface area contributed by atoms with Crippen molar-refractivity contribution in [3.05, 3.63) is 53.8 Å². The zero-order valence-corrected chi connectivity index (χ0v) is 17.6. The number of anilines is 1. The normalized spacial score (nSPS) is 11.3. The van der Waals surface area contributed by atoms with E-state index >= 15 is 0 Å². The van der Waals surface area contributed by atoms with Gasteiger partial charge in [0.25, 0.3) is 0 Å². The Balaban J connectivity index is 1.80. The molecule has 9 heteroatoms. The number of nitrogens with one attached hydrogen (secondary N) is 1. The average molecular weight is 435 g/mol. The highest BCUT2D eigenvalue weighted by Crippen LogP contribution is 2.25. The van der Waals surface area contributed by atoms with Crippen LogP contribution in [-0.2, 0) is 14.3 Å². The predicted molar refractivity (Wildman–Crippen MR) is 112 cm³/mol. The third-order valence-electron chi connectivity index (χ3n) is 3.98. The van der Waals surface area contributed by atoms with Crippen LogP contribution in [0.2, 0.25) is 0 Å². The van der Waals surface area contributed by atoms with Crippen molar-refractivity contribution in [1.29, 1.82) is 0 Å². The number of hydrogen-bond donors (Lipinski definition) is 1. The average Bonchev–Trinajstić information content (AvgIpc) is 2.76. The van der Waals surface area contributed by atoms with Crippen LogP contribution in [0.3, 0.4) is 0 Å². The first kappa shape index (κ1) is 23.2. The maximum Gasteiger partial charge on any atom is 0.319 e. The molecule has 0 radical (unpaired) electrons. The van der Waals surface area contributed by atoms with Gasteiger partial charge in [-0.15, -0.1) is 11.8 Å². The fraction of sp³-hybridized carbons (Fsp3) is 0.286. The molecule has 2 rings (SSSR count). The van der Waals surface area contributed by atoms with Gasteiger partial charge in [-0.05, 0) is 43.3 Å². The number of rotatable bonds is 10. The van der Waals surface area contributed by atoms with Crippen LogP contribution in [0.4, 0.5) is 10.1 Å². The standard InChI is InChI=1S/C21H22FNO6S/c1-13(30-12-20(25)23-15-6-4-14(22)5-7-15)21(26)29-11-18(24)17-9-8-16(27-2)10-19(17)28-3/h4-10,13H,11-12H2,1-3H3,(H,23,25)/t13-/m1/s1. The number of methoxy groups -OCH3 is 2. The number of esters is 1. The quantitative estimate of drug-likeness (QED) is 0.452. The first-order chi connectivity index (χ1) is 14.3. The lowest BCUT2D eigenvalue weighted by Crippen LogP contribution is -2.23. The number of ketones is 1. The molecule has 160 valence electrons. The smallest absolute Gasteiger partial charge is 0.319 e. The van der Waals surface area contributed by atoms with Crippen LogP contribution in [0.1, 0.15) is 17.3 Å². The number of benzene rings is 2. The van der Waals surface area contributed by atoms with Crippen LogP contribution in [0, 0.1) is 5.82 Å². The van der Waals surface area contributed by atoms with E-state index in [1.807, 2.05) is 0 Å². The van der Waals surface area contributed by atoms with Crippen LogP contribution >= 0.6 is 11.8 Å². The van der Waals surface area contributed by atoms with Crippen molar-refractivity contribution in [2.24, 2.45) is 0 Å². The van der Waals surface area contributed by atoms with E-state index in [9.17, 15) is 18.8 Å². The number of ether oxygens (including phenoxy) is 3. The minimum atomic E-state index is -0.658. The molecule has 7 nitrogen and oxygen atoms in total. The molecule has 2 aromatic carbocycles. The topological polar surface area (TPSA) is 90.9 Å². The van der Waals surface area contributed by atoms with Gasteiger partial charge in [0.15, 0.2) is 6.61 Å². The van der Waals surface area contributed by atoms with Crippen molar-refractivity contribution in [3.8, 4) is 11.5 Å². The van der Waals surface area contributed by atoms with Crippen molar-refractivity contribution >= 4 is 35.1 Å². The van der Waals surface area contributed by atoms with E-state index in [0.29, 0.717) is 17.2 Å². The van der Waals surface area contributed by atoms with E-state index in [2.05, 4.69) is 5.32 Å². The summed E-state index contributed by atoms with van der Waals surface area (Å²) in [6, 6.07) is 10.0. The Labute approximate surface area is 177 Å². The van der Waals surface area contributed by atoms with E-state index in [0.717, 1.165) is 11.8 Å². The summed E-state index contributed by atoms with van der Waals surface area (Å²) in [7, 11) is 2.92. The summed E-state index contributed by atoms with van der Waals surface area (Å²) < 4.78 is 28.2. The first-order valence-electron chi connectivity index (χ1n) is 8.93. The second-order valence-electron chi connectivity index (χ2n) is 6.11. The van der Waals surface area contributed by atoms with Gasteiger partial charge in [0.05, 0.1) is 25.5 Å². The van der Waals surface area contributed by atoms with Crippen LogP contribution in [-0.4, -0.2) is 49.5 Å². The van der Waals surface area contributed by atoms with Gasteiger partial charge < -0.3 is 19.5 Å². The molecule has 0 heterocycles. The Morgan fingerprint density at radius 1 is 1.07 bits per heavy atom. The van der Waals surface area contributed by atoms with Crippen molar-refractivity contribution < 1.29 is 33.0 Å². The van der Waals surface area contributed by atoms with Crippen LogP contribution < -0.4 is 14.8 Å². The van der Waals surface area contributed by atoms with Gasteiger partial charge in [0, 0.05) is 11.8 Å². The van der Waals surface area contributed by atoms with Gasteiger partial charge in [0.2, 0.25) is 11.7 Å². The molecule has 0 saturated heterocycles. The van der Waals surface area contributed by atoms with Gasteiger partial charge in [-0.2, -0.15) is 0 Å². The Morgan fingerprint density at radius 3 is 2.40 bits per heavy atom. The molecule has 0 fully saturated rings. The summed E-state index contributed by atoms with van der Waals surface area (Å²) in [5, 5.41) is 1.94. The monoisotopic (exact) mass is 435 g/mol. The summed E-state index contributed by atoms with van der Waals surface area (Å²) in [5.41, 5.74) is 0.723. The fourth-order valence-corrected chi connectivity index (χ4v) is 3.04. The Morgan fingerprint density at radius 2 is 1.77 bits per heavy atom. The number of carbonyl (C=O) groups excluding carboxylic acids is 3. The van der Waals surface area contributed by atoms with Crippen molar-refractivity contribution in [3.63, 3.8) is 0 Å². The Bertz CT molecular complexity index is 903. The molecule has 2 aromatic rings. The first-order valence-corrected chi connectivity index (χ1v) is 9.97. The molecular weight excluding hydrogens is 413 g/mol. The van der Waals surface area contributed by atoms with Gasteiger partial charge in [-0.25, -0.2) is 4.39 Å². The molecule has 0 spiro atoms. The highest BCUT2D eigenvalue weighted by molar-refractivity contribution is 8.01. The summed E-state index contributed by atoms with van der Waals surface area (Å²) >= 11 is 1.06. The predicted octanol–water partition coefficient (Wildman–Crippen LogP) is 3.33. The molecule has 1 atom stereocenters. The third kappa shape index (κ3) is 6.77. The van der Waals surface area contributed by atoms with Crippen molar-refractivity contribution in [2.45, 2.75) is 12.2 Å². The molecule has 0 bridgehead atoms. The second kappa shape index (κ2) is 11.2. The van der Waals surface area contributed by atoms with Gasteiger partial charge in [-0.3, -0.25) is 14.4 Å². The number of hydrogen-bond acceptors (Lipinski definition) is 7. The molecule has 0 aliphatic rings. The number of halogens is 1.